The van der Waals surface area contributed by atoms with E-state index >= 15 is 0 Å². The molecule has 0 aliphatic heterocycles. The Morgan fingerprint density at radius 3 is 1.72 bits per heavy atom. The molecule has 0 saturated heterocycles. The summed E-state index contributed by atoms with van der Waals surface area (Å²) in [5.74, 6) is 1.94. The summed E-state index contributed by atoms with van der Waals surface area (Å²) in [6, 6.07) is 63.0. The van der Waals surface area contributed by atoms with Crippen molar-refractivity contribution in [2.75, 3.05) is 0 Å². The molecule has 0 saturated carbocycles. The third-order valence-electron chi connectivity index (χ3n) is 14.1. The molecule has 0 aliphatic rings. The van der Waals surface area contributed by atoms with Gasteiger partial charge in [0.1, 0.15) is 28.7 Å². The van der Waals surface area contributed by atoms with E-state index in [-0.39, 0.29) is 16.4 Å². The van der Waals surface area contributed by atoms with Crippen LogP contribution in [0.15, 0.2) is 195 Å². The van der Waals surface area contributed by atoms with Crippen LogP contribution in [0.4, 0.5) is 13.2 Å². The predicted molar refractivity (Wildman–Crippen MR) is 307 cm³/mol. The normalized spacial score (nSPS) is 13.0. The van der Waals surface area contributed by atoms with Crippen molar-refractivity contribution in [3.8, 4) is 62.1 Å². The van der Waals surface area contributed by atoms with Crippen LogP contribution in [0, 0.1) is 20.7 Å². The molecule has 3 aromatic heterocycles. The Labute approximate surface area is 457 Å². The van der Waals surface area contributed by atoms with E-state index in [0.717, 1.165) is 83.2 Å². The smallest absolute Gasteiger partial charge is 0.485 e. The Morgan fingerprint density at radius 1 is 0.577 bits per heavy atom. The van der Waals surface area contributed by atoms with E-state index in [4.69, 9.17) is 26.8 Å². The number of alkyl halides is 3. The minimum atomic E-state index is -6.09. The first-order valence-electron chi connectivity index (χ1n) is 27.0. The number of nitrogens with zero attached hydrogens (tertiary/aromatic N) is 4. The van der Waals surface area contributed by atoms with Gasteiger partial charge >= 0.3 is 5.51 Å². The summed E-state index contributed by atoms with van der Waals surface area (Å²) in [7, 11) is -6.09. The molecular weight excluding hydrogens is 1000 g/mol. The lowest BCUT2D eigenvalue weighted by molar-refractivity contribution is -0.567. The van der Waals surface area contributed by atoms with Crippen LogP contribution in [-0.4, -0.2) is 32.6 Å². The summed E-state index contributed by atoms with van der Waals surface area (Å²) in [5, 5.41) is 2.07. The van der Waals surface area contributed by atoms with Gasteiger partial charge in [-0.1, -0.05) is 151 Å². The zero-order chi connectivity index (χ0) is 58.0. The number of pyridine rings is 1. The molecule has 0 N–H and O–H groups in total. The van der Waals surface area contributed by atoms with Gasteiger partial charge in [0.15, 0.2) is 21.2 Å². The van der Waals surface area contributed by atoms with Gasteiger partial charge < -0.3 is 9.29 Å². The van der Waals surface area contributed by atoms with Gasteiger partial charge in [-0.2, -0.15) is 22.3 Å². The average Bonchev–Trinajstić information content (AvgIpc) is 4.00. The Morgan fingerprint density at radius 2 is 1.13 bits per heavy atom. The molecule has 3 heterocycles. The molecule has 0 aliphatic carbocycles. The molecule has 0 amide bonds. The van der Waals surface area contributed by atoms with Crippen molar-refractivity contribution < 1.29 is 39.6 Å². The van der Waals surface area contributed by atoms with Crippen molar-refractivity contribution in [2.24, 2.45) is 0 Å². The van der Waals surface area contributed by atoms with Crippen LogP contribution in [0.25, 0.3) is 83.4 Å². The van der Waals surface area contributed by atoms with Gasteiger partial charge in [-0.3, -0.25) is 4.57 Å². The molecule has 8 nitrogen and oxygen atoms in total. The lowest BCUT2D eigenvalue weighted by Crippen LogP contribution is -2.31. The van der Waals surface area contributed by atoms with E-state index in [1.807, 2.05) is 72.8 Å². The van der Waals surface area contributed by atoms with Crippen LogP contribution in [0.3, 0.4) is 0 Å². The number of hydrogen-bond donors (Lipinski definition) is 0. The summed E-state index contributed by atoms with van der Waals surface area (Å²) in [6.07, 6.45) is 3.75. The van der Waals surface area contributed by atoms with Crippen molar-refractivity contribution >= 4 is 43.0 Å². The summed E-state index contributed by atoms with van der Waals surface area (Å²) in [5.41, 5.74) is 10.8. The highest BCUT2D eigenvalue weighted by Gasteiger charge is 2.37. The highest BCUT2D eigenvalue weighted by atomic mass is 32.2. The molecule has 0 unspecified atom stereocenters. The van der Waals surface area contributed by atoms with E-state index in [1.54, 1.807) is 6.20 Å². The molecule has 0 fully saturated rings. The number of hydrogen-bond acceptors (Lipinski definition) is 5. The number of aryl methyl sites for hydroxylation is 3. The van der Waals surface area contributed by atoms with Crippen molar-refractivity contribution in [3.63, 3.8) is 0 Å². The van der Waals surface area contributed by atoms with Crippen LogP contribution in [0.5, 0.6) is 11.5 Å². The third kappa shape index (κ3) is 10.3. The first-order chi connectivity index (χ1) is 38.2. The maximum absolute atomic E-state index is 10.7. The van der Waals surface area contributed by atoms with Gasteiger partial charge in [-0.25, -0.2) is 13.4 Å². The fourth-order valence-electron chi connectivity index (χ4n) is 10.2. The van der Waals surface area contributed by atoms with E-state index in [0.29, 0.717) is 22.9 Å². The van der Waals surface area contributed by atoms with Crippen molar-refractivity contribution in [2.45, 2.75) is 78.6 Å². The summed E-state index contributed by atoms with van der Waals surface area (Å²) in [6.45, 7) is 15.4. The van der Waals surface area contributed by atoms with Gasteiger partial charge in [0.25, 0.3) is 6.33 Å². The molecule has 11 rings (SSSR count). The first-order valence-corrected chi connectivity index (χ1v) is 26.9. The molecule has 0 spiro atoms. The van der Waals surface area contributed by atoms with Crippen LogP contribution in [0.2, 0.25) is 0 Å². The Kier molecular flexibility index (Phi) is 12.8. The van der Waals surface area contributed by atoms with E-state index in [1.165, 1.54) is 11.1 Å². The Hall–Kier alpha value is -8.32. The molecule has 8 aromatic carbocycles. The average molecular weight is 1060 g/mol. The molecule has 11 aromatic rings. The van der Waals surface area contributed by atoms with Crippen LogP contribution in [0.1, 0.15) is 73.5 Å². The largest absolute Gasteiger partial charge is 0.741 e. The van der Waals surface area contributed by atoms with E-state index in [9.17, 15) is 13.2 Å². The number of imidazole rings is 1. The maximum Gasteiger partial charge on any atom is 0.485 e. The fourth-order valence-corrected chi connectivity index (χ4v) is 10.2. The second kappa shape index (κ2) is 20.2. The third-order valence-corrected chi connectivity index (χ3v) is 14.6. The van der Waals surface area contributed by atoms with Crippen LogP contribution < -0.4 is 9.30 Å². The highest BCUT2D eigenvalue weighted by molar-refractivity contribution is 7.86. The van der Waals surface area contributed by atoms with Crippen molar-refractivity contribution in [3.05, 3.63) is 222 Å². The molecule has 0 bridgehead atoms. The number of rotatable bonds is 8. The summed E-state index contributed by atoms with van der Waals surface area (Å²) in [4.78, 5) is 5.02. The fraction of sp³-hybridized carbons (Fsp3) is 0.182. The number of halogens is 3. The van der Waals surface area contributed by atoms with Gasteiger partial charge in [0, 0.05) is 33.2 Å². The standard InChI is InChI=1S/C65H59N4O.CHF3O3S/c1-42-33-43(2)62(46-23-14-11-15-24-46)63(61(42)45-21-12-10-13-22-45)55-39-60(66-40-44(55)3)69-56-28-17-16-27-53(56)54-32-31-52(38-59(54)69)70-51-26-20-25-49(37-51)67-41-68(58-30-19-18-29-57(58)67)50-35-47(64(4,5)6)34-48(36-50)65(7,8)9;2-1(3,4)8(5,6)7/h10-41H,1-9H3;(H,5,6,7)/q+1;/p-1/i3D3;. The Balaban J connectivity index is 0.000000857. The van der Waals surface area contributed by atoms with E-state index < -0.39 is 22.5 Å². The lowest BCUT2D eigenvalue weighted by Gasteiger charge is -2.25. The first kappa shape index (κ1) is 49.3. The molecule has 12 heteroatoms. The van der Waals surface area contributed by atoms with Gasteiger partial charge in [0.2, 0.25) is 0 Å². The minimum Gasteiger partial charge on any atom is -0.741 e. The van der Waals surface area contributed by atoms with Gasteiger partial charge in [-0.05, 0) is 153 Å². The Bertz CT molecular complexity index is 4220. The summed E-state index contributed by atoms with van der Waals surface area (Å²) < 4.78 is 99.2. The maximum atomic E-state index is 10.7. The number of aromatic nitrogens is 4. The second-order valence-electron chi connectivity index (χ2n) is 21.6. The lowest BCUT2D eigenvalue weighted by atomic mass is 9.80. The second-order valence-corrected chi connectivity index (χ2v) is 23.0. The van der Waals surface area contributed by atoms with E-state index in [2.05, 4.69) is 185 Å². The van der Waals surface area contributed by atoms with Crippen molar-refractivity contribution in [1.82, 2.24) is 14.1 Å². The predicted octanol–water partition coefficient (Wildman–Crippen LogP) is 16.8. The van der Waals surface area contributed by atoms with Crippen molar-refractivity contribution in [1.29, 1.82) is 0 Å². The SMILES string of the molecule is O=S(=O)([O-])C(F)(F)F.[2H]C([2H])([2H])c1cnc(-n2c3ccccc3c3ccc(Oc4cccc(-n5c[n+](-c6cc(C(C)(C)C)cc(C(C)(C)C)c6)c6ccccc65)c4)cc32)cc1-c1c(-c2ccccc2)c(C)cc(C)c1-c1ccccc1. The molecule has 78 heavy (non-hydrogen) atoms. The number of para-hydroxylation sites is 3. The molecular formula is C66H59F3N4O4S. The molecule has 0 atom stereocenters. The number of benzene rings is 8. The zero-order valence-corrected chi connectivity index (χ0v) is 45.3. The quantitative estimate of drug-likeness (QED) is 0.0859. The number of fused-ring (bicyclic) bond motifs is 4. The van der Waals surface area contributed by atoms with Crippen LogP contribution in [-0.2, 0) is 20.9 Å². The highest BCUT2D eigenvalue weighted by Crippen LogP contribution is 2.46. The topological polar surface area (TPSA) is 93.1 Å². The number of ether oxygens (including phenoxy) is 1. The summed E-state index contributed by atoms with van der Waals surface area (Å²) >= 11 is 0. The van der Waals surface area contributed by atoms with Gasteiger partial charge in [-0.15, -0.1) is 0 Å². The van der Waals surface area contributed by atoms with Gasteiger partial charge in [0.05, 0.1) is 11.0 Å². The monoisotopic (exact) mass is 1060 g/mol. The zero-order valence-electron chi connectivity index (χ0n) is 47.4. The molecule has 0 radical (unpaired) electrons. The van der Waals surface area contributed by atoms with Crippen LogP contribution >= 0.6 is 0 Å². The molecule has 394 valence electrons. The minimum absolute atomic E-state index is 0.0263.